The fourth-order valence-electron chi connectivity index (χ4n) is 2.15. The number of aromatic nitrogens is 3. The van der Waals surface area contributed by atoms with Gasteiger partial charge < -0.3 is 5.32 Å². The topological polar surface area (TPSA) is 66.5 Å². The van der Waals surface area contributed by atoms with Crippen LogP contribution in [0.4, 0.5) is 5.82 Å². The van der Waals surface area contributed by atoms with Gasteiger partial charge >= 0.3 is 0 Å². The Kier molecular flexibility index (Phi) is 2.26. The van der Waals surface area contributed by atoms with Gasteiger partial charge in [-0.25, -0.2) is 4.68 Å². The molecule has 0 amide bonds. The molecule has 1 aliphatic heterocycles. The van der Waals surface area contributed by atoms with Gasteiger partial charge in [-0.2, -0.15) is 10.4 Å². The van der Waals surface area contributed by atoms with Crippen LogP contribution >= 0.6 is 0 Å². The van der Waals surface area contributed by atoms with Crippen LogP contribution in [0.5, 0.6) is 0 Å². The maximum absolute atomic E-state index is 8.98. The minimum atomic E-state index is 0.120. The van der Waals surface area contributed by atoms with Gasteiger partial charge in [-0.3, -0.25) is 4.98 Å². The Bertz CT molecular complexity index is 566. The third kappa shape index (κ3) is 1.54. The Morgan fingerprint density at radius 1 is 1.47 bits per heavy atom. The lowest BCUT2D eigenvalue weighted by atomic mass is 10.1. The van der Waals surface area contributed by atoms with Crippen molar-refractivity contribution < 1.29 is 0 Å². The first-order chi connectivity index (χ1) is 8.40. The van der Waals surface area contributed by atoms with Gasteiger partial charge in [0, 0.05) is 12.7 Å². The highest BCUT2D eigenvalue weighted by atomic mass is 15.4. The zero-order valence-electron chi connectivity index (χ0n) is 9.17. The number of hydrogen-bond acceptors (Lipinski definition) is 4. The fraction of sp³-hybridized carbons (Fsp3) is 0.250. The van der Waals surface area contributed by atoms with E-state index >= 15 is 0 Å². The van der Waals surface area contributed by atoms with E-state index in [2.05, 4.69) is 21.5 Å². The lowest BCUT2D eigenvalue weighted by Gasteiger charge is -2.25. The monoisotopic (exact) mass is 225 g/mol. The van der Waals surface area contributed by atoms with Crippen LogP contribution in [0.25, 0.3) is 0 Å². The van der Waals surface area contributed by atoms with Crippen LogP contribution in [0.3, 0.4) is 0 Å². The quantitative estimate of drug-likeness (QED) is 0.799. The molecule has 84 valence electrons. The summed E-state index contributed by atoms with van der Waals surface area (Å²) >= 11 is 0. The van der Waals surface area contributed by atoms with E-state index in [4.69, 9.17) is 5.26 Å². The summed E-state index contributed by atoms with van der Waals surface area (Å²) in [5, 5.41) is 16.5. The van der Waals surface area contributed by atoms with Crippen molar-refractivity contribution in [2.75, 3.05) is 11.9 Å². The molecule has 1 N–H and O–H groups in total. The fourth-order valence-corrected chi connectivity index (χ4v) is 2.15. The number of nitrogens with zero attached hydrogens (tertiary/aromatic N) is 4. The molecule has 17 heavy (non-hydrogen) atoms. The lowest BCUT2D eigenvalue weighted by molar-refractivity contribution is 0.471. The number of anilines is 1. The van der Waals surface area contributed by atoms with E-state index in [1.54, 1.807) is 12.4 Å². The summed E-state index contributed by atoms with van der Waals surface area (Å²) in [5.41, 5.74) is 1.58. The predicted octanol–water partition coefficient (Wildman–Crippen LogP) is 1.55. The van der Waals surface area contributed by atoms with Gasteiger partial charge in [-0.05, 0) is 18.6 Å². The van der Waals surface area contributed by atoms with E-state index in [1.165, 1.54) is 0 Å². The van der Waals surface area contributed by atoms with E-state index in [0.29, 0.717) is 5.56 Å². The van der Waals surface area contributed by atoms with Gasteiger partial charge in [0.05, 0.1) is 17.9 Å². The van der Waals surface area contributed by atoms with E-state index < -0.39 is 0 Å². The van der Waals surface area contributed by atoms with Gasteiger partial charge in [-0.15, -0.1) is 0 Å². The van der Waals surface area contributed by atoms with Crippen LogP contribution in [0.15, 0.2) is 30.6 Å². The highest BCUT2D eigenvalue weighted by Crippen LogP contribution is 2.29. The van der Waals surface area contributed by atoms with Crippen LogP contribution < -0.4 is 5.32 Å². The summed E-state index contributed by atoms with van der Waals surface area (Å²) in [6.45, 7) is 0.835. The summed E-state index contributed by atoms with van der Waals surface area (Å²) in [6, 6.07) is 8.12. The number of rotatable bonds is 1. The molecule has 1 aliphatic rings. The Hall–Kier alpha value is -2.35. The summed E-state index contributed by atoms with van der Waals surface area (Å²) < 4.78 is 1.85. The standard InChI is InChI=1S/C12H11N5/c13-7-9-8-16-17-11(4-6-15-12(9)17)10-3-1-2-5-14-10/h1-3,5,8,11,15H,4,6H2. The molecular formula is C12H11N5. The number of hydrogen-bond donors (Lipinski definition) is 1. The van der Waals surface area contributed by atoms with Gasteiger partial charge in [0.15, 0.2) is 0 Å². The second-order valence-electron chi connectivity index (χ2n) is 3.95. The largest absolute Gasteiger partial charge is 0.369 e. The van der Waals surface area contributed by atoms with Crippen LogP contribution in [0.2, 0.25) is 0 Å². The van der Waals surface area contributed by atoms with Gasteiger partial charge in [-0.1, -0.05) is 6.07 Å². The molecule has 2 aromatic heterocycles. The highest BCUT2D eigenvalue weighted by molar-refractivity contribution is 5.53. The van der Waals surface area contributed by atoms with Crippen molar-refractivity contribution in [1.82, 2.24) is 14.8 Å². The first kappa shape index (κ1) is 9.85. The smallest absolute Gasteiger partial charge is 0.143 e. The summed E-state index contributed by atoms with van der Waals surface area (Å²) in [6.07, 6.45) is 4.31. The maximum atomic E-state index is 8.98. The van der Waals surface area contributed by atoms with E-state index in [9.17, 15) is 0 Å². The maximum Gasteiger partial charge on any atom is 0.143 e. The summed E-state index contributed by atoms with van der Waals surface area (Å²) in [7, 11) is 0. The molecule has 0 saturated heterocycles. The molecule has 0 saturated carbocycles. The van der Waals surface area contributed by atoms with Crippen molar-refractivity contribution in [3.63, 3.8) is 0 Å². The molecule has 0 fully saturated rings. The first-order valence-electron chi connectivity index (χ1n) is 5.52. The number of pyridine rings is 1. The van der Waals surface area contributed by atoms with E-state index in [1.807, 2.05) is 22.9 Å². The Balaban J connectivity index is 2.07. The minimum Gasteiger partial charge on any atom is -0.369 e. The molecule has 1 atom stereocenters. The molecule has 1 unspecified atom stereocenters. The average Bonchev–Trinajstić information content (AvgIpc) is 2.82. The van der Waals surface area contributed by atoms with Crippen LogP contribution in [-0.4, -0.2) is 21.3 Å². The van der Waals surface area contributed by atoms with Crippen LogP contribution in [-0.2, 0) is 0 Å². The van der Waals surface area contributed by atoms with Crippen molar-refractivity contribution in [1.29, 1.82) is 5.26 Å². The number of nitriles is 1. The molecule has 3 heterocycles. The van der Waals surface area contributed by atoms with Crippen molar-refractivity contribution in [3.8, 4) is 6.07 Å². The third-order valence-corrected chi connectivity index (χ3v) is 2.95. The van der Waals surface area contributed by atoms with Crippen LogP contribution in [0, 0.1) is 11.3 Å². The number of nitrogens with one attached hydrogen (secondary N) is 1. The molecule has 5 heteroatoms. The molecule has 0 spiro atoms. The summed E-state index contributed by atoms with van der Waals surface area (Å²) in [5.74, 6) is 0.800. The van der Waals surface area contributed by atoms with E-state index in [-0.39, 0.29) is 6.04 Å². The normalized spacial score (nSPS) is 17.9. The van der Waals surface area contributed by atoms with Gasteiger partial charge in [0.25, 0.3) is 0 Å². The average molecular weight is 225 g/mol. The first-order valence-corrected chi connectivity index (χ1v) is 5.52. The summed E-state index contributed by atoms with van der Waals surface area (Å²) in [4.78, 5) is 4.36. The third-order valence-electron chi connectivity index (χ3n) is 2.95. The van der Waals surface area contributed by atoms with Crippen LogP contribution in [0.1, 0.15) is 23.7 Å². The zero-order valence-corrected chi connectivity index (χ0v) is 9.17. The predicted molar refractivity (Wildman–Crippen MR) is 62.4 cm³/mol. The Labute approximate surface area is 98.7 Å². The molecule has 0 aromatic carbocycles. The molecule has 2 aromatic rings. The molecule has 3 rings (SSSR count). The molecule has 0 bridgehead atoms. The Morgan fingerprint density at radius 2 is 2.41 bits per heavy atom. The Morgan fingerprint density at radius 3 is 3.18 bits per heavy atom. The molecular weight excluding hydrogens is 214 g/mol. The SMILES string of the molecule is N#Cc1cnn2c1NCCC2c1ccccn1. The second kappa shape index (κ2) is 3.91. The molecule has 0 aliphatic carbocycles. The highest BCUT2D eigenvalue weighted by Gasteiger charge is 2.24. The lowest BCUT2D eigenvalue weighted by Crippen LogP contribution is -2.25. The molecule has 0 radical (unpaired) electrons. The molecule has 5 nitrogen and oxygen atoms in total. The van der Waals surface area contributed by atoms with E-state index in [0.717, 1.165) is 24.5 Å². The van der Waals surface area contributed by atoms with Crippen molar-refractivity contribution >= 4 is 5.82 Å². The minimum absolute atomic E-state index is 0.120. The zero-order chi connectivity index (χ0) is 11.7. The number of fused-ring (bicyclic) bond motifs is 1. The van der Waals surface area contributed by atoms with Gasteiger partial charge in [0.1, 0.15) is 17.5 Å². The van der Waals surface area contributed by atoms with Crippen molar-refractivity contribution in [2.24, 2.45) is 0 Å². The van der Waals surface area contributed by atoms with Gasteiger partial charge in [0.2, 0.25) is 0 Å². The second-order valence-corrected chi connectivity index (χ2v) is 3.95. The van der Waals surface area contributed by atoms with Crippen molar-refractivity contribution in [2.45, 2.75) is 12.5 Å². The van der Waals surface area contributed by atoms with Crippen molar-refractivity contribution in [3.05, 3.63) is 41.9 Å².